The normalized spacial score (nSPS) is 22.0. The average molecular weight is 354 g/mol. The molecular weight excluding hydrogens is 333 g/mol. The van der Waals surface area contributed by atoms with Crippen molar-refractivity contribution in [1.82, 2.24) is 10.6 Å². The molecule has 1 unspecified atom stereocenters. The van der Waals surface area contributed by atoms with E-state index in [9.17, 15) is 18.0 Å². The van der Waals surface area contributed by atoms with Crippen LogP contribution in [0.5, 0.6) is 0 Å². The lowest BCUT2D eigenvalue weighted by Gasteiger charge is -2.29. The van der Waals surface area contributed by atoms with Gasteiger partial charge in [-0.3, -0.25) is 4.79 Å². The van der Waals surface area contributed by atoms with Crippen LogP contribution in [0.25, 0.3) is 0 Å². The third-order valence-electron chi connectivity index (χ3n) is 5.14. The standard InChI is InChI=1S/C17H21F3N4O/c1-15(2,13-6-7-21-10-13)14(25)22-9-11-4-3-5-12(8-11)16(23-24-16)17(18,19)20/h3-5,8,13,21H,6-7,9-10H2,1-2H3,(H,22,25). The molecule has 136 valence electrons. The summed E-state index contributed by atoms with van der Waals surface area (Å²) < 4.78 is 39.3. The Labute approximate surface area is 144 Å². The first-order valence-corrected chi connectivity index (χ1v) is 8.26. The van der Waals surface area contributed by atoms with Crippen LogP contribution in [0.4, 0.5) is 13.2 Å². The highest BCUT2D eigenvalue weighted by Gasteiger charge is 2.65. The number of hydrogen-bond donors (Lipinski definition) is 2. The molecule has 25 heavy (non-hydrogen) atoms. The average Bonchev–Trinajstić information content (AvgIpc) is 3.20. The highest BCUT2D eigenvalue weighted by molar-refractivity contribution is 5.82. The van der Waals surface area contributed by atoms with Gasteiger partial charge in [-0.05, 0) is 37.1 Å². The van der Waals surface area contributed by atoms with Gasteiger partial charge < -0.3 is 10.6 Å². The number of nitrogens with one attached hydrogen (secondary N) is 2. The predicted molar refractivity (Wildman–Crippen MR) is 85.6 cm³/mol. The Balaban J connectivity index is 1.66. The number of carbonyl (C=O) groups excluding carboxylic acids is 1. The molecule has 1 aromatic carbocycles. The van der Waals surface area contributed by atoms with E-state index in [1.54, 1.807) is 6.07 Å². The second-order valence-electron chi connectivity index (χ2n) is 7.16. The fraction of sp³-hybridized carbons (Fsp3) is 0.588. The molecule has 0 spiro atoms. The van der Waals surface area contributed by atoms with Crippen LogP contribution in [0.2, 0.25) is 0 Å². The van der Waals surface area contributed by atoms with Gasteiger partial charge in [0, 0.05) is 17.5 Å². The Morgan fingerprint density at radius 1 is 1.36 bits per heavy atom. The fourth-order valence-electron chi connectivity index (χ4n) is 3.21. The van der Waals surface area contributed by atoms with Crippen LogP contribution < -0.4 is 10.6 Å². The van der Waals surface area contributed by atoms with Gasteiger partial charge in [0.2, 0.25) is 5.91 Å². The summed E-state index contributed by atoms with van der Waals surface area (Å²) in [6.45, 7) is 5.67. The molecule has 5 nitrogen and oxygen atoms in total. The lowest BCUT2D eigenvalue weighted by Crippen LogP contribution is -2.42. The van der Waals surface area contributed by atoms with Crippen molar-refractivity contribution >= 4 is 5.91 Å². The van der Waals surface area contributed by atoms with Gasteiger partial charge in [-0.1, -0.05) is 32.0 Å². The SMILES string of the molecule is CC(C)(C(=O)NCc1cccc(C2(C(F)(F)F)N=N2)c1)C1CCNC1. The zero-order valence-electron chi connectivity index (χ0n) is 14.2. The van der Waals surface area contributed by atoms with E-state index in [-0.39, 0.29) is 23.9 Å². The molecule has 0 saturated carbocycles. The van der Waals surface area contributed by atoms with E-state index < -0.39 is 17.3 Å². The van der Waals surface area contributed by atoms with E-state index in [1.165, 1.54) is 18.2 Å². The zero-order chi connectivity index (χ0) is 18.3. The maximum atomic E-state index is 13.1. The molecule has 0 aromatic heterocycles. The number of rotatable bonds is 5. The number of amides is 1. The largest absolute Gasteiger partial charge is 0.442 e. The van der Waals surface area contributed by atoms with Crippen molar-refractivity contribution < 1.29 is 18.0 Å². The fourth-order valence-corrected chi connectivity index (χ4v) is 3.21. The first-order chi connectivity index (χ1) is 11.7. The molecule has 8 heteroatoms. The third-order valence-corrected chi connectivity index (χ3v) is 5.14. The van der Waals surface area contributed by atoms with Gasteiger partial charge in [0.05, 0.1) is 0 Å². The van der Waals surface area contributed by atoms with Crippen LogP contribution in [-0.2, 0) is 17.0 Å². The van der Waals surface area contributed by atoms with Crippen molar-refractivity contribution in [3.8, 4) is 0 Å². The number of carbonyl (C=O) groups is 1. The Hall–Kier alpha value is -1.96. The number of alkyl halides is 3. The van der Waals surface area contributed by atoms with Crippen molar-refractivity contribution in [1.29, 1.82) is 0 Å². The highest BCUT2D eigenvalue weighted by atomic mass is 19.4. The van der Waals surface area contributed by atoms with Gasteiger partial charge in [0.25, 0.3) is 0 Å². The molecule has 0 bridgehead atoms. The number of benzene rings is 1. The van der Waals surface area contributed by atoms with E-state index >= 15 is 0 Å². The Kier molecular flexibility index (Phi) is 4.35. The van der Waals surface area contributed by atoms with Gasteiger partial charge >= 0.3 is 11.8 Å². The van der Waals surface area contributed by atoms with E-state index in [1.807, 2.05) is 13.8 Å². The van der Waals surface area contributed by atoms with Crippen LogP contribution in [0.1, 0.15) is 31.4 Å². The topological polar surface area (TPSA) is 65.8 Å². The summed E-state index contributed by atoms with van der Waals surface area (Å²) >= 11 is 0. The Bertz CT molecular complexity index is 687. The molecule has 2 heterocycles. The first-order valence-electron chi connectivity index (χ1n) is 8.26. The maximum Gasteiger partial charge on any atom is 0.442 e. The van der Waals surface area contributed by atoms with Crippen LogP contribution in [-0.4, -0.2) is 25.2 Å². The lowest BCUT2D eigenvalue weighted by molar-refractivity contribution is -0.166. The van der Waals surface area contributed by atoms with Crippen LogP contribution in [0.3, 0.4) is 0 Å². The highest BCUT2D eigenvalue weighted by Crippen LogP contribution is 2.52. The van der Waals surface area contributed by atoms with Crippen LogP contribution in [0.15, 0.2) is 34.5 Å². The minimum absolute atomic E-state index is 0.0222. The number of hydrogen-bond acceptors (Lipinski definition) is 4. The summed E-state index contributed by atoms with van der Waals surface area (Å²) in [7, 11) is 0. The maximum absolute atomic E-state index is 13.1. The van der Waals surface area contributed by atoms with Gasteiger partial charge in [-0.15, -0.1) is 10.2 Å². The van der Waals surface area contributed by atoms with Crippen molar-refractivity contribution in [2.45, 2.75) is 38.7 Å². The molecule has 0 aliphatic carbocycles. The quantitative estimate of drug-likeness (QED) is 0.853. The van der Waals surface area contributed by atoms with Crippen LogP contribution >= 0.6 is 0 Å². The summed E-state index contributed by atoms with van der Waals surface area (Å²) in [6.07, 6.45) is -3.61. The minimum atomic E-state index is -4.55. The molecule has 0 radical (unpaired) electrons. The zero-order valence-corrected chi connectivity index (χ0v) is 14.2. The summed E-state index contributed by atoms with van der Waals surface area (Å²) in [5.74, 6) is 0.148. The second kappa shape index (κ2) is 6.09. The molecule has 2 aliphatic rings. The van der Waals surface area contributed by atoms with Gasteiger partial charge in [-0.2, -0.15) is 13.2 Å². The number of nitrogens with zero attached hydrogens (tertiary/aromatic N) is 2. The van der Waals surface area contributed by atoms with E-state index in [0.717, 1.165) is 19.5 Å². The van der Waals surface area contributed by atoms with Crippen molar-refractivity contribution in [2.24, 2.45) is 21.6 Å². The third kappa shape index (κ3) is 3.27. The summed E-state index contributed by atoms with van der Waals surface area (Å²) in [6, 6.07) is 5.96. The molecule has 1 aromatic rings. The molecule has 1 fully saturated rings. The lowest BCUT2D eigenvalue weighted by atomic mass is 9.77. The minimum Gasteiger partial charge on any atom is -0.352 e. The Morgan fingerprint density at radius 3 is 2.64 bits per heavy atom. The van der Waals surface area contributed by atoms with Crippen molar-refractivity contribution in [3.05, 3.63) is 35.4 Å². The van der Waals surface area contributed by atoms with E-state index in [0.29, 0.717) is 5.56 Å². The molecule has 2 aliphatic heterocycles. The first kappa shape index (κ1) is 17.8. The van der Waals surface area contributed by atoms with Crippen LogP contribution in [0, 0.1) is 11.3 Å². The number of halogens is 3. The van der Waals surface area contributed by atoms with Gasteiger partial charge in [-0.25, -0.2) is 0 Å². The molecule has 1 amide bonds. The molecule has 1 atom stereocenters. The summed E-state index contributed by atoms with van der Waals surface area (Å²) in [4.78, 5) is 12.5. The Morgan fingerprint density at radius 2 is 2.08 bits per heavy atom. The van der Waals surface area contributed by atoms with Gasteiger partial charge in [0.15, 0.2) is 0 Å². The smallest absolute Gasteiger partial charge is 0.352 e. The van der Waals surface area contributed by atoms with Gasteiger partial charge in [0.1, 0.15) is 0 Å². The molecule has 2 N–H and O–H groups in total. The molecular formula is C17H21F3N4O. The molecule has 1 saturated heterocycles. The van der Waals surface area contributed by atoms with E-state index in [2.05, 4.69) is 20.9 Å². The monoisotopic (exact) mass is 354 g/mol. The predicted octanol–water partition coefficient (Wildman–Crippen LogP) is 3.12. The van der Waals surface area contributed by atoms with Crippen molar-refractivity contribution in [2.75, 3.05) is 13.1 Å². The second-order valence-corrected chi connectivity index (χ2v) is 7.16. The summed E-state index contributed by atoms with van der Waals surface area (Å²) in [5, 5.41) is 12.5. The summed E-state index contributed by atoms with van der Waals surface area (Å²) in [5.41, 5.74) is -2.39. The van der Waals surface area contributed by atoms with Crippen molar-refractivity contribution in [3.63, 3.8) is 0 Å². The van der Waals surface area contributed by atoms with E-state index in [4.69, 9.17) is 0 Å². The molecule has 3 rings (SSSR count).